The Kier molecular flexibility index (Phi) is 5.43. The van der Waals surface area contributed by atoms with Crippen LogP contribution in [0.25, 0.3) is 0 Å². The lowest BCUT2D eigenvalue weighted by molar-refractivity contribution is 0.273. The summed E-state index contributed by atoms with van der Waals surface area (Å²) in [4.78, 5) is 2.74. The third kappa shape index (κ3) is 5.96. The molecule has 0 heterocycles. The van der Waals surface area contributed by atoms with E-state index in [0.717, 1.165) is 0 Å². The summed E-state index contributed by atoms with van der Waals surface area (Å²) in [5.41, 5.74) is 24.5. The van der Waals surface area contributed by atoms with Crippen LogP contribution >= 0.6 is 0 Å². The van der Waals surface area contributed by atoms with Gasteiger partial charge in [0.2, 0.25) is 0 Å². The van der Waals surface area contributed by atoms with Crippen molar-refractivity contribution in [1.29, 1.82) is 0 Å². The molecule has 0 aromatic rings. The number of nitrogens with zero attached hydrogens (tertiary/aromatic N) is 4. The maximum absolute atomic E-state index is 9.88. The Labute approximate surface area is 71.6 Å². The Bertz CT molecular complexity index is 148. The van der Waals surface area contributed by atoms with Crippen LogP contribution in [0.5, 0.6) is 0 Å². The monoisotopic (exact) mass is 160 g/mol. The molecule has 0 aromatic carbocycles. The van der Waals surface area contributed by atoms with Gasteiger partial charge in [-0.3, -0.25) is 10.0 Å². The highest BCUT2D eigenvalue weighted by molar-refractivity contribution is 6.43. The lowest BCUT2D eigenvalue weighted by atomic mass is 9.78. The molecule has 6 nitrogen and oxygen atoms in total. The molecule has 0 fully saturated rings. The molecule has 0 N–H and O–H groups in total. The van der Waals surface area contributed by atoms with E-state index in [2.05, 4.69) is 4.99 Å². The van der Waals surface area contributed by atoms with Crippen LogP contribution in [-0.2, 0) is 10.0 Å². The Balaban J connectivity index is 3.38. The highest BCUT2D eigenvalue weighted by Crippen LogP contribution is 1.98. The van der Waals surface area contributed by atoms with Gasteiger partial charge in [-0.15, -0.1) is 17.2 Å². The second-order valence-corrected chi connectivity index (χ2v) is 1.61. The molecule has 0 unspecified atom stereocenters. The van der Waals surface area contributed by atoms with Crippen molar-refractivity contribution in [3.63, 3.8) is 0 Å². The van der Waals surface area contributed by atoms with Gasteiger partial charge < -0.3 is 0 Å². The van der Waals surface area contributed by atoms with Crippen LogP contribution in [0.15, 0.2) is 4.99 Å². The average Bonchev–Trinajstić information content (AvgIpc) is 1.97. The lowest BCUT2D eigenvalue weighted by Gasteiger charge is -1.99. The summed E-state index contributed by atoms with van der Waals surface area (Å²) in [5, 5.41) is 19.8. The predicted octanol–water partition coefficient (Wildman–Crippen LogP) is -1.99. The smallest absolute Gasteiger partial charge is 0.271 e. The molecule has 56 valence electrons. The second-order valence-electron chi connectivity index (χ2n) is 1.61. The van der Waals surface area contributed by atoms with Crippen molar-refractivity contribution in [2.45, 2.75) is 5.94 Å². The van der Waals surface area contributed by atoms with Crippen LogP contribution < -0.4 is 17.2 Å². The summed E-state index contributed by atoms with van der Waals surface area (Å²) in [7, 11) is -2.47. The van der Waals surface area contributed by atoms with Gasteiger partial charge in [-0.1, -0.05) is 0 Å². The van der Waals surface area contributed by atoms with Crippen LogP contribution in [0, 0.1) is 19.4 Å². The van der Waals surface area contributed by atoms with Gasteiger partial charge in [0.15, 0.2) is 0 Å². The summed E-state index contributed by atoms with van der Waals surface area (Å²) in [6.45, 7) is 1.76. The van der Waals surface area contributed by atoms with Crippen LogP contribution in [-0.4, -0.2) is 19.0 Å². The molecule has 0 bridgehead atoms. The highest BCUT2D eigenvalue weighted by Gasteiger charge is 2.24. The van der Waals surface area contributed by atoms with Crippen LogP contribution in [0.2, 0.25) is 0 Å². The molecule has 0 saturated heterocycles. The first-order valence-corrected chi connectivity index (χ1v) is 2.75. The standard InChI is InChI=1S/C5HBN4O2/c7-4(6(11)12)2-1-3-10-5(8)9/h4H/t4-/m0/s1. The van der Waals surface area contributed by atoms with E-state index in [0.29, 0.717) is 0 Å². The fraction of sp³-hybridized carbons (Fsp3) is 0.200. The minimum Gasteiger partial charge on any atom is -0.271 e. The summed E-state index contributed by atoms with van der Waals surface area (Å²) >= 11 is 0. The molecule has 14 radical (unpaired) electrons. The second kappa shape index (κ2) is 5.81. The predicted molar refractivity (Wildman–Crippen MR) is 34.5 cm³/mol. The molecular weight excluding hydrogens is 159 g/mol. The number of rotatable bonds is 5. The van der Waals surface area contributed by atoms with Crippen molar-refractivity contribution in [2.75, 3.05) is 0 Å². The summed E-state index contributed by atoms with van der Waals surface area (Å²) in [5.74, 6) is -3.10. The average molecular weight is 160 g/mol. The molecule has 0 aliphatic heterocycles. The molecule has 0 aliphatic rings. The molecule has 0 spiro atoms. The fourth-order valence-electron chi connectivity index (χ4n) is 0.252. The highest BCUT2D eigenvalue weighted by atomic mass is 16.4. The van der Waals surface area contributed by atoms with E-state index in [4.69, 9.17) is 17.2 Å². The summed E-state index contributed by atoms with van der Waals surface area (Å²) in [6, 6.07) is 0. The zero-order chi connectivity index (χ0) is 9.56. The molecule has 7 heteroatoms. The molecule has 0 aromatic heterocycles. The van der Waals surface area contributed by atoms with Gasteiger partial charge in [-0.25, -0.2) is 4.99 Å². The number of guanidine groups is 1. The summed E-state index contributed by atoms with van der Waals surface area (Å²) < 4.78 is 0. The van der Waals surface area contributed by atoms with Gasteiger partial charge in [0, 0.05) is 12.8 Å². The quantitative estimate of drug-likeness (QED) is 0.191. The largest absolute Gasteiger partial charge is 0.537 e. The van der Waals surface area contributed by atoms with Crippen molar-refractivity contribution < 1.29 is 10.0 Å². The zero-order valence-corrected chi connectivity index (χ0v) is 5.76. The van der Waals surface area contributed by atoms with Gasteiger partial charge in [-0.2, -0.15) is 0 Å². The Hall–Kier alpha value is -0.785. The third-order valence-electron chi connectivity index (χ3n) is 0.690. The maximum Gasteiger partial charge on any atom is 0.537 e. The lowest BCUT2D eigenvalue weighted by Crippen LogP contribution is -2.30. The van der Waals surface area contributed by atoms with Crippen molar-refractivity contribution in [3.05, 3.63) is 19.4 Å². The minimum absolute atomic E-state index is 1.25. The van der Waals surface area contributed by atoms with Crippen molar-refractivity contribution >= 4 is 13.1 Å². The van der Waals surface area contributed by atoms with Crippen LogP contribution in [0.4, 0.5) is 0 Å². The number of hydrogen-bond acceptors (Lipinski definition) is 1. The number of hydrogen-bond donors (Lipinski definition) is 0. The van der Waals surface area contributed by atoms with Gasteiger partial charge >= 0.3 is 7.12 Å². The topological polar surface area (TPSA) is 119 Å². The maximum atomic E-state index is 9.88. The third-order valence-corrected chi connectivity index (χ3v) is 0.690. The molecule has 1 atom stereocenters. The summed E-state index contributed by atoms with van der Waals surface area (Å²) in [6.07, 6.45) is 3.62. The van der Waals surface area contributed by atoms with E-state index in [1.165, 1.54) is 0 Å². The van der Waals surface area contributed by atoms with Crippen molar-refractivity contribution in [3.8, 4) is 0 Å². The van der Waals surface area contributed by atoms with Gasteiger partial charge in [0.05, 0.1) is 5.94 Å². The first-order valence-electron chi connectivity index (χ1n) is 2.75. The SMILES string of the molecule is [N]C([N])=N[C][C][C][C@H]([N])B([O])[O]. The molecular formula is C5HBN4O2. The van der Waals surface area contributed by atoms with E-state index < -0.39 is 19.0 Å². The van der Waals surface area contributed by atoms with E-state index in [-0.39, 0.29) is 0 Å². The van der Waals surface area contributed by atoms with Gasteiger partial charge in [0.1, 0.15) is 6.54 Å². The van der Waals surface area contributed by atoms with E-state index in [9.17, 15) is 10.0 Å². The first-order chi connectivity index (χ1) is 5.54. The van der Waals surface area contributed by atoms with Crippen molar-refractivity contribution in [2.24, 2.45) is 4.99 Å². The molecule has 0 rings (SSSR count). The zero-order valence-electron chi connectivity index (χ0n) is 5.76. The molecule has 12 heavy (non-hydrogen) atoms. The molecule has 0 saturated carbocycles. The first kappa shape index (κ1) is 11.2. The fourth-order valence-corrected chi connectivity index (χ4v) is 0.252. The van der Waals surface area contributed by atoms with Crippen LogP contribution in [0.1, 0.15) is 0 Å². The normalized spacial score (nSPS) is 12.2. The molecule has 0 aliphatic carbocycles. The minimum atomic E-state index is -2.47. The van der Waals surface area contributed by atoms with Gasteiger partial charge in [-0.05, 0) is 0 Å². The van der Waals surface area contributed by atoms with Crippen LogP contribution in [0.3, 0.4) is 0 Å². The Morgan fingerprint density at radius 2 is 2.00 bits per heavy atom. The van der Waals surface area contributed by atoms with E-state index in [1.54, 1.807) is 13.0 Å². The van der Waals surface area contributed by atoms with Gasteiger partial charge in [0.25, 0.3) is 5.96 Å². The van der Waals surface area contributed by atoms with E-state index >= 15 is 0 Å². The van der Waals surface area contributed by atoms with Crippen molar-refractivity contribution in [1.82, 2.24) is 17.2 Å². The Morgan fingerprint density at radius 1 is 1.42 bits per heavy atom. The molecule has 0 amide bonds. The van der Waals surface area contributed by atoms with E-state index in [1.807, 2.05) is 6.42 Å². The Morgan fingerprint density at radius 3 is 2.42 bits per heavy atom. The number of aliphatic imine (C=N–C) groups is 1.